The van der Waals surface area contributed by atoms with Gasteiger partial charge in [-0.1, -0.05) is 42.5 Å². The van der Waals surface area contributed by atoms with Gasteiger partial charge in [-0.15, -0.1) is 0 Å². The standard InChI is InChI=1S/C24H21F3N2O4/c1-23(28,14-21(30)31)22(32)29-17-9-12-20(19(13-17)24(25,26)27)33-18-10-7-16(8-11-18)15-5-3-2-4-6-15/h2-13H,14,28H2,1H3,(H,29,32)(H,30,31)/t23-/m0/s1. The number of alkyl halides is 3. The summed E-state index contributed by atoms with van der Waals surface area (Å²) >= 11 is 0. The van der Waals surface area contributed by atoms with E-state index in [1.165, 1.54) is 13.0 Å². The van der Waals surface area contributed by atoms with E-state index >= 15 is 0 Å². The molecule has 4 N–H and O–H groups in total. The van der Waals surface area contributed by atoms with Crippen LogP contribution in [-0.4, -0.2) is 22.5 Å². The van der Waals surface area contributed by atoms with Crippen molar-refractivity contribution in [2.45, 2.75) is 25.1 Å². The normalized spacial score (nSPS) is 13.1. The molecule has 0 bridgehead atoms. The van der Waals surface area contributed by atoms with Gasteiger partial charge >= 0.3 is 12.1 Å². The Kier molecular flexibility index (Phi) is 6.73. The molecule has 172 valence electrons. The first-order valence-corrected chi connectivity index (χ1v) is 9.82. The highest BCUT2D eigenvalue weighted by atomic mass is 19.4. The number of carbonyl (C=O) groups is 2. The summed E-state index contributed by atoms with van der Waals surface area (Å²) in [5.41, 5.74) is 4.40. The Morgan fingerprint density at radius 2 is 1.58 bits per heavy atom. The molecule has 1 amide bonds. The van der Waals surface area contributed by atoms with Crippen molar-refractivity contribution in [2.24, 2.45) is 5.73 Å². The number of hydrogen-bond donors (Lipinski definition) is 3. The molecule has 3 aromatic rings. The SMILES string of the molecule is C[C@](N)(CC(=O)O)C(=O)Nc1ccc(Oc2ccc(-c3ccccc3)cc2)c(C(F)(F)F)c1. The molecule has 0 fully saturated rings. The Hall–Kier alpha value is -3.85. The van der Waals surface area contributed by atoms with Crippen molar-refractivity contribution in [1.82, 2.24) is 0 Å². The Bertz CT molecular complexity index is 1140. The highest BCUT2D eigenvalue weighted by Gasteiger charge is 2.36. The molecule has 1 atom stereocenters. The average molecular weight is 458 g/mol. The zero-order valence-corrected chi connectivity index (χ0v) is 17.5. The molecule has 0 radical (unpaired) electrons. The van der Waals surface area contributed by atoms with E-state index in [0.29, 0.717) is 6.07 Å². The molecule has 0 aliphatic carbocycles. The van der Waals surface area contributed by atoms with Crippen molar-refractivity contribution in [3.63, 3.8) is 0 Å². The van der Waals surface area contributed by atoms with Crippen molar-refractivity contribution in [1.29, 1.82) is 0 Å². The minimum atomic E-state index is -4.77. The third kappa shape index (κ3) is 6.11. The van der Waals surface area contributed by atoms with Gasteiger partial charge in [-0.05, 0) is 48.4 Å². The summed E-state index contributed by atoms with van der Waals surface area (Å²) in [4.78, 5) is 23.1. The van der Waals surface area contributed by atoms with Gasteiger partial charge in [0.25, 0.3) is 0 Å². The second-order valence-corrected chi connectivity index (χ2v) is 7.64. The van der Waals surface area contributed by atoms with Crippen LogP contribution in [0.5, 0.6) is 11.5 Å². The van der Waals surface area contributed by atoms with Crippen molar-refractivity contribution in [3.8, 4) is 22.6 Å². The third-order valence-electron chi connectivity index (χ3n) is 4.77. The van der Waals surface area contributed by atoms with Gasteiger partial charge in [-0.2, -0.15) is 13.2 Å². The molecule has 0 aromatic heterocycles. The van der Waals surface area contributed by atoms with Crippen LogP contribution in [0.3, 0.4) is 0 Å². The van der Waals surface area contributed by atoms with Crippen LogP contribution < -0.4 is 15.8 Å². The van der Waals surface area contributed by atoms with E-state index in [0.717, 1.165) is 17.2 Å². The fourth-order valence-electron chi connectivity index (χ4n) is 3.06. The van der Waals surface area contributed by atoms with E-state index in [2.05, 4.69) is 5.32 Å². The maximum Gasteiger partial charge on any atom is 0.420 e. The number of anilines is 1. The second kappa shape index (κ2) is 9.33. The molecule has 0 aliphatic rings. The van der Waals surface area contributed by atoms with Gasteiger partial charge in [0.05, 0.1) is 6.42 Å². The highest BCUT2D eigenvalue weighted by molar-refractivity contribution is 5.99. The number of halogens is 3. The minimum absolute atomic E-state index is 0.193. The minimum Gasteiger partial charge on any atom is -0.481 e. The topological polar surface area (TPSA) is 102 Å². The Labute approximate surface area is 187 Å². The average Bonchev–Trinajstić information content (AvgIpc) is 2.74. The number of nitrogens with two attached hydrogens (primary N) is 1. The summed E-state index contributed by atoms with van der Waals surface area (Å²) in [6, 6.07) is 19.1. The third-order valence-corrected chi connectivity index (χ3v) is 4.77. The lowest BCUT2D eigenvalue weighted by molar-refractivity contribution is -0.140. The molecular formula is C24H21F3N2O4. The molecule has 3 aromatic carbocycles. The van der Waals surface area contributed by atoms with E-state index in [1.54, 1.807) is 24.3 Å². The lowest BCUT2D eigenvalue weighted by Gasteiger charge is -2.22. The van der Waals surface area contributed by atoms with Crippen molar-refractivity contribution in [2.75, 3.05) is 5.32 Å². The van der Waals surface area contributed by atoms with Gasteiger partial charge < -0.3 is 20.9 Å². The number of rotatable bonds is 7. The predicted molar refractivity (Wildman–Crippen MR) is 117 cm³/mol. The lowest BCUT2D eigenvalue weighted by Crippen LogP contribution is -2.49. The molecule has 0 spiro atoms. The number of aliphatic carboxylic acids is 1. The number of hydrogen-bond acceptors (Lipinski definition) is 4. The Morgan fingerprint density at radius 1 is 0.970 bits per heavy atom. The van der Waals surface area contributed by atoms with Crippen LogP contribution >= 0.6 is 0 Å². The maximum atomic E-state index is 13.7. The van der Waals surface area contributed by atoms with Crippen molar-refractivity contribution >= 4 is 17.6 Å². The quantitative estimate of drug-likeness (QED) is 0.446. The van der Waals surface area contributed by atoms with Crippen LogP contribution in [0.15, 0.2) is 72.8 Å². The van der Waals surface area contributed by atoms with Crippen LogP contribution in [-0.2, 0) is 15.8 Å². The molecule has 0 saturated heterocycles. The first-order chi connectivity index (χ1) is 15.5. The number of ether oxygens (including phenoxy) is 1. The molecule has 33 heavy (non-hydrogen) atoms. The number of nitrogens with one attached hydrogen (secondary N) is 1. The fraction of sp³-hybridized carbons (Fsp3) is 0.167. The van der Waals surface area contributed by atoms with Crippen molar-refractivity contribution in [3.05, 3.63) is 78.4 Å². The zero-order chi connectivity index (χ0) is 24.2. The molecule has 3 rings (SSSR count). The number of amides is 1. The van der Waals surface area contributed by atoms with Gasteiger partial charge in [0, 0.05) is 5.69 Å². The molecule has 6 nitrogen and oxygen atoms in total. The van der Waals surface area contributed by atoms with E-state index in [4.69, 9.17) is 15.6 Å². The predicted octanol–water partition coefficient (Wildman–Crippen LogP) is 5.30. The van der Waals surface area contributed by atoms with Crippen LogP contribution in [0.25, 0.3) is 11.1 Å². The molecule has 0 heterocycles. The number of carbonyl (C=O) groups excluding carboxylic acids is 1. The summed E-state index contributed by atoms with van der Waals surface area (Å²) in [7, 11) is 0. The van der Waals surface area contributed by atoms with Gasteiger partial charge in [0.15, 0.2) is 0 Å². The van der Waals surface area contributed by atoms with Gasteiger partial charge in [-0.25, -0.2) is 0 Å². The van der Waals surface area contributed by atoms with E-state index in [-0.39, 0.29) is 11.4 Å². The smallest absolute Gasteiger partial charge is 0.420 e. The van der Waals surface area contributed by atoms with Gasteiger partial charge in [0.2, 0.25) is 5.91 Å². The van der Waals surface area contributed by atoms with Gasteiger partial charge in [-0.3, -0.25) is 9.59 Å². The summed E-state index contributed by atoms with van der Waals surface area (Å²) < 4.78 is 46.5. The zero-order valence-electron chi connectivity index (χ0n) is 17.5. The Balaban J connectivity index is 1.83. The summed E-state index contributed by atoms with van der Waals surface area (Å²) in [5, 5.41) is 11.1. The number of benzene rings is 3. The van der Waals surface area contributed by atoms with Crippen LogP contribution in [0.1, 0.15) is 18.9 Å². The first-order valence-electron chi connectivity index (χ1n) is 9.82. The number of carboxylic acids is 1. The molecule has 0 saturated carbocycles. The monoisotopic (exact) mass is 458 g/mol. The molecule has 0 unspecified atom stereocenters. The second-order valence-electron chi connectivity index (χ2n) is 7.64. The van der Waals surface area contributed by atoms with Crippen molar-refractivity contribution < 1.29 is 32.6 Å². The summed E-state index contributed by atoms with van der Waals surface area (Å²) in [6.07, 6.45) is -5.46. The summed E-state index contributed by atoms with van der Waals surface area (Å²) in [6.45, 7) is 1.18. The van der Waals surface area contributed by atoms with Crippen LogP contribution in [0.4, 0.5) is 18.9 Å². The van der Waals surface area contributed by atoms with E-state index in [1.807, 2.05) is 30.3 Å². The molecular weight excluding hydrogens is 437 g/mol. The highest BCUT2D eigenvalue weighted by Crippen LogP contribution is 2.40. The number of carboxylic acid groups (broad SMARTS) is 1. The largest absolute Gasteiger partial charge is 0.481 e. The molecule has 0 aliphatic heterocycles. The van der Waals surface area contributed by atoms with E-state index < -0.39 is 41.3 Å². The van der Waals surface area contributed by atoms with E-state index in [9.17, 15) is 22.8 Å². The van der Waals surface area contributed by atoms with Crippen LogP contribution in [0.2, 0.25) is 0 Å². The fourth-order valence-corrected chi connectivity index (χ4v) is 3.06. The molecule has 9 heteroatoms. The first kappa shape index (κ1) is 23.8. The van der Waals surface area contributed by atoms with Crippen LogP contribution in [0, 0.1) is 0 Å². The van der Waals surface area contributed by atoms with Gasteiger partial charge in [0.1, 0.15) is 22.6 Å². The Morgan fingerprint density at radius 3 is 2.15 bits per heavy atom. The summed E-state index contributed by atoms with van der Waals surface area (Å²) in [5.74, 6) is -2.49. The maximum absolute atomic E-state index is 13.7. The lowest BCUT2D eigenvalue weighted by atomic mass is 9.98.